The first-order chi connectivity index (χ1) is 12.5. The number of nitrogens with two attached hydrogens (primary N) is 1. The van der Waals surface area contributed by atoms with Crippen LogP contribution in [0.25, 0.3) is 0 Å². The maximum absolute atomic E-state index is 12.2. The van der Waals surface area contributed by atoms with Crippen LogP contribution in [-0.2, 0) is 4.79 Å². The summed E-state index contributed by atoms with van der Waals surface area (Å²) in [7, 11) is 0. The molecule has 2 amide bonds. The standard InChI is InChI=1S/C21H23ClN2O2/c22-18-9-11-19(12-10-18)24-20(25)13-14-1-3-15(4-2-14)16-5-7-17(8-6-16)21(23)26/h5-12,14-15H,1-4,13H2,(H2,23,26)(H,24,25). The molecule has 0 aliphatic heterocycles. The second-order valence-corrected chi connectivity index (χ2v) is 7.40. The molecule has 1 aliphatic carbocycles. The molecule has 5 heteroatoms. The average molecular weight is 371 g/mol. The molecule has 1 saturated carbocycles. The highest BCUT2D eigenvalue weighted by atomic mass is 35.5. The molecule has 0 radical (unpaired) electrons. The minimum absolute atomic E-state index is 0.0570. The third-order valence-corrected chi connectivity index (χ3v) is 5.37. The van der Waals surface area contributed by atoms with Crippen LogP contribution >= 0.6 is 11.6 Å². The number of nitrogens with one attached hydrogen (secondary N) is 1. The minimum atomic E-state index is -0.396. The van der Waals surface area contributed by atoms with E-state index in [4.69, 9.17) is 17.3 Å². The third-order valence-electron chi connectivity index (χ3n) is 5.12. The molecular weight excluding hydrogens is 348 g/mol. The summed E-state index contributed by atoms with van der Waals surface area (Å²) in [6, 6.07) is 14.8. The van der Waals surface area contributed by atoms with E-state index in [0.717, 1.165) is 31.4 Å². The fourth-order valence-electron chi connectivity index (χ4n) is 3.63. The monoisotopic (exact) mass is 370 g/mol. The zero-order chi connectivity index (χ0) is 18.5. The Kier molecular flexibility index (Phi) is 5.94. The van der Waals surface area contributed by atoms with Gasteiger partial charge in [-0.1, -0.05) is 23.7 Å². The molecule has 0 aromatic heterocycles. The number of hydrogen-bond donors (Lipinski definition) is 2. The quantitative estimate of drug-likeness (QED) is 0.797. The van der Waals surface area contributed by atoms with Crippen molar-refractivity contribution in [2.75, 3.05) is 5.32 Å². The van der Waals surface area contributed by atoms with Gasteiger partial charge in [-0.3, -0.25) is 9.59 Å². The lowest BCUT2D eigenvalue weighted by atomic mass is 9.77. The predicted molar refractivity (Wildman–Crippen MR) is 104 cm³/mol. The van der Waals surface area contributed by atoms with Crippen LogP contribution < -0.4 is 11.1 Å². The first kappa shape index (κ1) is 18.5. The molecule has 3 N–H and O–H groups in total. The third kappa shape index (κ3) is 4.85. The van der Waals surface area contributed by atoms with Crippen LogP contribution in [0.1, 0.15) is 53.9 Å². The summed E-state index contributed by atoms with van der Waals surface area (Å²) >= 11 is 5.86. The molecule has 1 aliphatic rings. The van der Waals surface area contributed by atoms with Gasteiger partial charge in [0.15, 0.2) is 0 Å². The van der Waals surface area contributed by atoms with E-state index in [2.05, 4.69) is 5.32 Å². The molecule has 26 heavy (non-hydrogen) atoms. The molecule has 0 unspecified atom stereocenters. The summed E-state index contributed by atoms with van der Waals surface area (Å²) < 4.78 is 0. The lowest BCUT2D eigenvalue weighted by Crippen LogP contribution is -2.20. The van der Waals surface area contributed by atoms with Crippen LogP contribution in [0.15, 0.2) is 48.5 Å². The summed E-state index contributed by atoms with van der Waals surface area (Å²) in [6.07, 6.45) is 4.76. The van der Waals surface area contributed by atoms with Gasteiger partial charge in [-0.15, -0.1) is 0 Å². The highest BCUT2D eigenvalue weighted by Crippen LogP contribution is 2.37. The highest BCUT2D eigenvalue weighted by molar-refractivity contribution is 6.30. The maximum Gasteiger partial charge on any atom is 0.248 e. The van der Waals surface area contributed by atoms with E-state index in [1.54, 1.807) is 24.3 Å². The zero-order valence-corrected chi connectivity index (χ0v) is 15.3. The van der Waals surface area contributed by atoms with Gasteiger partial charge in [-0.05, 0) is 79.5 Å². The number of amides is 2. The lowest BCUT2D eigenvalue weighted by Gasteiger charge is -2.28. The van der Waals surface area contributed by atoms with Gasteiger partial charge < -0.3 is 11.1 Å². The molecule has 136 valence electrons. The van der Waals surface area contributed by atoms with E-state index in [1.807, 2.05) is 24.3 Å². The van der Waals surface area contributed by atoms with Gasteiger partial charge in [0.1, 0.15) is 0 Å². The molecule has 2 aromatic carbocycles. The van der Waals surface area contributed by atoms with Crippen LogP contribution in [0.3, 0.4) is 0 Å². The summed E-state index contributed by atoms with van der Waals surface area (Å²) in [5.74, 6) is 0.574. The van der Waals surface area contributed by atoms with Crippen molar-refractivity contribution in [3.8, 4) is 0 Å². The normalized spacial score (nSPS) is 19.7. The van der Waals surface area contributed by atoms with Gasteiger partial charge in [-0.2, -0.15) is 0 Å². The van der Waals surface area contributed by atoms with E-state index in [0.29, 0.717) is 28.8 Å². The van der Waals surface area contributed by atoms with Crippen LogP contribution in [0.5, 0.6) is 0 Å². The highest BCUT2D eigenvalue weighted by Gasteiger charge is 2.24. The van der Waals surface area contributed by atoms with E-state index >= 15 is 0 Å². The van der Waals surface area contributed by atoms with Crippen LogP contribution in [-0.4, -0.2) is 11.8 Å². The van der Waals surface area contributed by atoms with Crippen LogP contribution in [0.2, 0.25) is 5.02 Å². The predicted octanol–water partition coefficient (Wildman–Crippen LogP) is 4.74. The molecule has 4 nitrogen and oxygen atoms in total. The topological polar surface area (TPSA) is 72.2 Å². The van der Waals surface area contributed by atoms with Crippen molar-refractivity contribution in [3.05, 3.63) is 64.7 Å². The first-order valence-corrected chi connectivity index (χ1v) is 9.34. The van der Waals surface area contributed by atoms with Crippen molar-refractivity contribution < 1.29 is 9.59 Å². The molecular formula is C21H23ClN2O2. The van der Waals surface area contributed by atoms with E-state index in [-0.39, 0.29) is 5.91 Å². The van der Waals surface area contributed by atoms with Crippen molar-refractivity contribution in [1.82, 2.24) is 0 Å². The molecule has 0 atom stereocenters. The molecule has 3 rings (SSSR count). The smallest absolute Gasteiger partial charge is 0.248 e. The van der Waals surface area contributed by atoms with E-state index in [1.165, 1.54) is 5.56 Å². The van der Waals surface area contributed by atoms with Crippen molar-refractivity contribution in [3.63, 3.8) is 0 Å². The second-order valence-electron chi connectivity index (χ2n) is 6.96. The summed E-state index contributed by atoms with van der Waals surface area (Å²) in [6.45, 7) is 0. The number of benzene rings is 2. The molecule has 0 heterocycles. The Balaban J connectivity index is 1.48. The number of halogens is 1. The van der Waals surface area contributed by atoms with Gasteiger partial charge in [0.25, 0.3) is 0 Å². The fourth-order valence-corrected chi connectivity index (χ4v) is 3.75. The molecule has 0 saturated heterocycles. The summed E-state index contributed by atoms with van der Waals surface area (Å²) in [5, 5.41) is 3.59. The first-order valence-electron chi connectivity index (χ1n) is 8.96. The Bertz CT molecular complexity index is 764. The number of hydrogen-bond acceptors (Lipinski definition) is 2. The van der Waals surface area contributed by atoms with Crippen LogP contribution in [0.4, 0.5) is 5.69 Å². The Labute approximate surface area is 158 Å². The lowest BCUT2D eigenvalue weighted by molar-refractivity contribution is -0.117. The Morgan fingerprint density at radius 1 is 0.962 bits per heavy atom. The second kappa shape index (κ2) is 8.37. The van der Waals surface area contributed by atoms with Gasteiger partial charge in [0, 0.05) is 22.7 Å². The van der Waals surface area contributed by atoms with Gasteiger partial charge in [-0.25, -0.2) is 0 Å². The number of carbonyl (C=O) groups is 2. The Hall–Kier alpha value is -2.33. The summed E-state index contributed by atoms with van der Waals surface area (Å²) in [4.78, 5) is 23.4. The Morgan fingerprint density at radius 3 is 2.15 bits per heavy atom. The van der Waals surface area contributed by atoms with Gasteiger partial charge in [0.05, 0.1) is 0 Å². The average Bonchev–Trinajstić information content (AvgIpc) is 2.64. The van der Waals surface area contributed by atoms with Crippen molar-refractivity contribution in [1.29, 1.82) is 0 Å². The Morgan fingerprint density at radius 2 is 1.58 bits per heavy atom. The van der Waals surface area contributed by atoms with Crippen molar-refractivity contribution >= 4 is 29.1 Å². The van der Waals surface area contributed by atoms with Gasteiger partial charge in [0.2, 0.25) is 11.8 Å². The SMILES string of the molecule is NC(=O)c1ccc(C2CCC(CC(=O)Nc3ccc(Cl)cc3)CC2)cc1. The fraction of sp³-hybridized carbons (Fsp3) is 0.333. The van der Waals surface area contributed by atoms with Crippen molar-refractivity contribution in [2.45, 2.75) is 38.0 Å². The number of anilines is 1. The van der Waals surface area contributed by atoms with E-state index < -0.39 is 5.91 Å². The molecule has 1 fully saturated rings. The molecule has 0 spiro atoms. The molecule has 2 aromatic rings. The summed E-state index contributed by atoms with van der Waals surface area (Å²) in [5.41, 5.74) is 7.86. The minimum Gasteiger partial charge on any atom is -0.366 e. The van der Waals surface area contributed by atoms with Crippen LogP contribution in [0, 0.1) is 5.92 Å². The van der Waals surface area contributed by atoms with Gasteiger partial charge >= 0.3 is 0 Å². The number of primary amides is 1. The largest absolute Gasteiger partial charge is 0.366 e. The van der Waals surface area contributed by atoms with E-state index in [9.17, 15) is 9.59 Å². The number of rotatable bonds is 5. The maximum atomic E-state index is 12.2. The molecule has 0 bridgehead atoms. The zero-order valence-electron chi connectivity index (χ0n) is 14.6. The van der Waals surface area contributed by atoms with Crippen molar-refractivity contribution in [2.24, 2.45) is 11.7 Å². The number of carbonyl (C=O) groups excluding carboxylic acids is 2.